The number of carbonyl (C=O) groups excluding carboxylic acids is 2. The number of methoxy groups -OCH3 is 2. The van der Waals surface area contributed by atoms with Crippen LogP contribution in [0, 0.1) is 0 Å². The monoisotopic (exact) mass is 391 g/mol. The fourth-order valence-corrected chi connectivity index (χ4v) is 3.59. The van der Waals surface area contributed by atoms with E-state index in [4.69, 9.17) is 14.2 Å². The quantitative estimate of drug-likeness (QED) is 0.771. The van der Waals surface area contributed by atoms with Gasteiger partial charge in [0.2, 0.25) is 5.91 Å². The number of benzene rings is 1. The Labute approximate surface area is 165 Å². The molecule has 154 valence electrons. The fraction of sp³-hybridized carbons (Fsp3) is 0.600. The molecular formula is C20H29N3O5. The highest BCUT2D eigenvalue weighted by Gasteiger charge is 2.25. The van der Waals surface area contributed by atoms with Crippen molar-refractivity contribution in [1.82, 2.24) is 15.1 Å². The van der Waals surface area contributed by atoms with E-state index in [1.807, 2.05) is 4.90 Å². The first-order chi connectivity index (χ1) is 13.6. The van der Waals surface area contributed by atoms with Crippen LogP contribution in [0.25, 0.3) is 0 Å². The van der Waals surface area contributed by atoms with Crippen molar-refractivity contribution in [3.05, 3.63) is 23.8 Å². The highest BCUT2D eigenvalue weighted by atomic mass is 16.5. The lowest BCUT2D eigenvalue weighted by molar-refractivity contribution is -0.136. The first kappa shape index (κ1) is 20.4. The lowest BCUT2D eigenvalue weighted by atomic mass is 10.0. The topological polar surface area (TPSA) is 80.3 Å². The van der Waals surface area contributed by atoms with Crippen LogP contribution in [0.5, 0.6) is 11.5 Å². The SMILES string of the molecule is COc1ccc(C(=O)NC2CCN(CC(=O)N3CCOCC3)CC2)c(OC)c1. The average Bonchev–Trinajstić information content (AvgIpc) is 2.75. The number of hydrogen-bond acceptors (Lipinski definition) is 6. The summed E-state index contributed by atoms with van der Waals surface area (Å²) in [5.41, 5.74) is 0.494. The van der Waals surface area contributed by atoms with Gasteiger partial charge in [-0.2, -0.15) is 0 Å². The number of ether oxygens (including phenoxy) is 3. The summed E-state index contributed by atoms with van der Waals surface area (Å²) in [5, 5.41) is 3.09. The summed E-state index contributed by atoms with van der Waals surface area (Å²) in [6.07, 6.45) is 1.64. The Morgan fingerprint density at radius 1 is 1.11 bits per heavy atom. The third-order valence-corrected chi connectivity index (χ3v) is 5.30. The standard InChI is InChI=1S/C20H29N3O5/c1-26-16-3-4-17(18(13-16)27-2)20(25)21-15-5-7-22(8-6-15)14-19(24)23-9-11-28-12-10-23/h3-4,13,15H,5-12,14H2,1-2H3,(H,21,25). The predicted molar refractivity (Wildman–Crippen MR) is 104 cm³/mol. The Kier molecular flexibility index (Phi) is 7.11. The maximum atomic E-state index is 12.6. The van der Waals surface area contributed by atoms with Crippen LogP contribution >= 0.6 is 0 Å². The molecule has 0 bridgehead atoms. The molecule has 0 spiro atoms. The highest BCUT2D eigenvalue weighted by molar-refractivity contribution is 5.97. The van der Waals surface area contributed by atoms with Gasteiger partial charge in [-0.05, 0) is 25.0 Å². The first-order valence-corrected chi connectivity index (χ1v) is 9.71. The van der Waals surface area contributed by atoms with Crippen LogP contribution in [0.2, 0.25) is 0 Å². The van der Waals surface area contributed by atoms with Gasteiger partial charge in [0.25, 0.3) is 5.91 Å². The molecule has 1 N–H and O–H groups in total. The Morgan fingerprint density at radius 2 is 1.82 bits per heavy atom. The molecule has 28 heavy (non-hydrogen) atoms. The molecule has 0 unspecified atom stereocenters. The molecule has 2 aliphatic heterocycles. The van der Waals surface area contributed by atoms with Gasteiger partial charge in [-0.3, -0.25) is 14.5 Å². The molecule has 0 saturated carbocycles. The number of nitrogens with zero attached hydrogens (tertiary/aromatic N) is 2. The minimum absolute atomic E-state index is 0.0917. The van der Waals surface area contributed by atoms with E-state index in [1.54, 1.807) is 25.3 Å². The molecule has 2 amide bonds. The zero-order valence-electron chi connectivity index (χ0n) is 16.6. The van der Waals surface area contributed by atoms with Gasteiger partial charge in [0.15, 0.2) is 0 Å². The summed E-state index contributed by atoms with van der Waals surface area (Å²) in [6, 6.07) is 5.25. The molecular weight excluding hydrogens is 362 g/mol. The summed E-state index contributed by atoms with van der Waals surface area (Å²) in [7, 11) is 3.11. The van der Waals surface area contributed by atoms with Gasteiger partial charge in [0.05, 0.1) is 39.5 Å². The number of likely N-dealkylation sites (tertiary alicyclic amines) is 1. The lowest BCUT2D eigenvalue weighted by Crippen LogP contribution is -2.49. The fourth-order valence-electron chi connectivity index (χ4n) is 3.59. The summed E-state index contributed by atoms with van der Waals surface area (Å²) < 4.78 is 15.8. The van der Waals surface area contributed by atoms with E-state index >= 15 is 0 Å². The minimum atomic E-state index is -0.151. The molecule has 2 heterocycles. The summed E-state index contributed by atoms with van der Waals surface area (Å²) >= 11 is 0. The van der Waals surface area contributed by atoms with Gasteiger partial charge in [0, 0.05) is 38.3 Å². The van der Waals surface area contributed by atoms with Crippen molar-refractivity contribution >= 4 is 11.8 Å². The van der Waals surface area contributed by atoms with Crippen molar-refractivity contribution in [2.45, 2.75) is 18.9 Å². The van der Waals surface area contributed by atoms with Crippen molar-refractivity contribution in [2.75, 3.05) is 60.2 Å². The van der Waals surface area contributed by atoms with Crippen LogP contribution in [0.4, 0.5) is 0 Å². The number of carbonyl (C=O) groups is 2. The van der Waals surface area contributed by atoms with Crippen LogP contribution in [-0.2, 0) is 9.53 Å². The summed E-state index contributed by atoms with van der Waals surface area (Å²) in [5.74, 6) is 1.15. The van der Waals surface area contributed by atoms with E-state index in [1.165, 1.54) is 7.11 Å². The largest absolute Gasteiger partial charge is 0.497 e. The van der Waals surface area contributed by atoms with E-state index in [2.05, 4.69) is 10.2 Å². The van der Waals surface area contributed by atoms with Gasteiger partial charge in [0.1, 0.15) is 11.5 Å². The molecule has 2 saturated heterocycles. The van der Waals surface area contributed by atoms with Crippen molar-refractivity contribution in [3.8, 4) is 11.5 Å². The molecule has 2 aliphatic rings. The van der Waals surface area contributed by atoms with Crippen LogP contribution in [-0.4, -0.2) is 87.8 Å². The molecule has 8 nitrogen and oxygen atoms in total. The van der Waals surface area contributed by atoms with E-state index < -0.39 is 0 Å². The molecule has 0 atom stereocenters. The number of morpholine rings is 1. The van der Waals surface area contributed by atoms with Gasteiger partial charge < -0.3 is 24.4 Å². The van der Waals surface area contributed by atoms with E-state index in [0.29, 0.717) is 49.9 Å². The number of nitrogens with one attached hydrogen (secondary N) is 1. The molecule has 0 aromatic heterocycles. The van der Waals surface area contributed by atoms with Crippen LogP contribution in [0.3, 0.4) is 0 Å². The van der Waals surface area contributed by atoms with E-state index in [9.17, 15) is 9.59 Å². The molecule has 3 rings (SSSR count). The first-order valence-electron chi connectivity index (χ1n) is 9.71. The van der Waals surface area contributed by atoms with Crippen molar-refractivity contribution in [1.29, 1.82) is 0 Å². The third kappa shape index (κ3) is 5.14. The van der Waals surface area contributed by atoms with E-state index in [-0.39, 0.29) is 17.9 Å². The molecule has 1 aromatic rings. The smallest absolute Gasteiger partial charge is 0.255 e. The zero-order chi connectivity index (χ0) is 19.9. The molecule has 8 heteroatoms. The molecule has 1 aromatic carbocycles. The number of hydrogen-bond donors (Lipinski definition) is 1. The van der Waals surface area contributed by atoms with E-state index in [0.717, 1.165) is 25.9 Å². The van der Waals surface area contributed by atoms with Gasteiger partial charge in [-0.1, -0.05) is 0 Å². The predicted octanol–water partition coefficient (Wildman–Crippen LogP) is 0.757. The van der Waals surface area contributed by atoms with Crippen molar-refractivity contribution < 1.29 is 23.8 Å². The molecule has 0 aliphatic carbocycles. The Hall–Kier alpha value is -2.32. The maximum Gasteiger partial charge on any atom is 0.255 e. The average molecular weight is 391 g/mol. The normalized spacial score (nSPS) is 18.6. The zero-order valence-corrected chi connectivity index (χ0v) is 16.6. The second-order valence-electron chi connectivity index (χ2n) is 7.08. The lowest BCUT2D eigenvalue weighted by Gasteiger charge is -2.34. The number of rotatable bonds is 6. The summed E-state index contributed by atoms with van der Waals surface area (Å²) in [4.78, 5) is 29.0. The summed E-state index contributed by atoms with van der Waals surface area (Å²) in [6.45, 7) is 4.61. The Balaban J connectivity index is 1.47. The third-order valence-electron chi connectivity index (χ3n) is 5.30. The molecule has 0 radical (unpaired) electrons. The highest BCUT2D eigenvalue weighted by Crippen LogP contribution is 2.25. The second kappa shape index (κ2) is 9.75. The van der Waals surface area contributed by atoms with Crippen LogP contribution < -0.4 is 14.8 Å². The van der Waals surface area contributed by atoms with Gasteiger partial charge in [-0.15, -0.1) is 0 Å². The second-order valence-corrected chi connectivity index (χ2v) is 7.08. The van der Waals surface area contributed by atoms with Gasteiger partial charge in [-0.25, -0.2) is 0 Å². The van der Waals surface area contributed by atoms with Crippen LogP contribution in [0.1, 0.15) is 23.2 Å². The Morgan fingerprint density at radius 3 is 2.46 bits per heavy atom. The van der Waals surface area contributed by atoms with Crippen LogP contribution in [0.15, 0.2) is 18.2 Å². The van der Waals surface area contributed by atoms with Crippen molar-refractivity contribution in [3.63, 3.8) is 0 Å². The van der Waals surface area contributed by atoms with Gasteiger partial charge >= 0.3 is 0 Å². The number of amides is 2. The minimum Gasteiger partial charge on any atom is -0.497 e. The van der Waals surface area contributed by atoms with Crippen molar-refractivity contribution in [2.24, 2.45) is 0 Å². The Bertz CT molecular complexity index is 682. The maximum absolute atomic E-state index is 12.6. The number of piperidine rings is 1. The molecule has 2 fully saturated rings.